The molecule has 0 spiro atoms. The summed E-state index contributed by atoms with van der Waals surface area (Å²) in [6.07, 6.45) is 1.97. The summed E-state index contributed by atoms with van der Waals surface area (Å²) in [7, 11) is -2.86. The van der Waals surface area contributed by atoms with Gasteiger partial charge in [0, 0.05) is 0 Å². The van der Waals surface area contributed by atoms with Crippen molar-refractivity contribution in [3.8, 4) is 0 Å². The van der Waals surface area contributed by atoms with Crippen molar-refractivity contribution in [1.29, 1.82) is 0 Å². The lowest BCUT2D eigenvalue weighted by atomic mass is 10.4. The lowest BCUT2D eigenvalue weighted by molar-refractivity contribution is 0.170. The SMILES string of the molecule is CC1(O)CC1[Si](C)(C)c1ccccc1.CC1(O)CC1[Si](C)(C)c1ccccc1. The molecule has 0 bridgehead atoms. The third-order valence-corrected chi connectivity index (χ3v) is 16.0. The van der Waals surface area contributed by atoms with Crippen LogP contribution in [0.15, 0.2) is 60.7 Å². The van der Waals surface area contributed by atoms with Gasteiger partial charge in [0.15, 0.2) is 0 Å². The molecule has 2 aliphatic carbocycles. The Labute approximate surface area is 172 Å². The number of hydrogen-bond acceptors (Lipinski definition) is 2. The molecule has 28 heavy (non-hydrogen) atoms. The van der Waals surface area contributed by atoms with E-state index in [2.05, 4.69) is 86.9 Å². The highest BCUT2D eigenvalue weighted by molar-refractivity contribution is 6.92. The molecule has 0 heterocycles. The van der Waals surface area contributed by atoms with Gasteiger partial charge in [0.05, 0.1) is 27.3 Å². The number of hydrogen-bond donors (Lipinski definition) is 2. The van der Waals surface area contributed by atoms with Crippen molar-refractivity contribution < 1.29 is 10.2 Å². The second-order valence-electron chi connectivity index (χ2n) is 10.4. The molecule has 2 aliphatic rings. The molecule has 2 nitrogen and oxygen atoms in total. The first-order chi connectivity index (χ1) is 12.9. The van der Waals surface area contributed by atoms with Crippen LogP contribution in [0.3, 0.4) is 0 Å². The maximum absolute atomic E-state index is 9.92. The Morgan fingerprint density at radius 3 is 1.11 bits per heavy atom. The topological polar surface area (TPSA) is 40.5 Å². The van der Waals surface area contributed by atoms with Crippen LogP contribution in [0.4, 0.5) is 0 Å². The molecule has 0 amide bonds. The second kappa shape index (κ2) is 7.24. The first kappa shape index (κ1) is 21.5. The van der Waals surface area contributed by atoms with Crippen molar-refractivity contribution in [2.75, 3.05) is 0 Å². The third kappa shape index (κ3) is 4.35. The van der Waals surface area contributed by atoms with Crippen LogP contribution in [0.2, 0.25) is 37.3 Å². The fourth-order valence-electron chi connectivity index (χ4n) is 4.91. The molecule has 4 atom stereocenters. The molecule has 4 unspecified atom stereocenters. The Kier molecular flexibility index (Phi) is 5.56. The molecule has 2 N–H and O–H groups in total. The number of benzene rings is 2. The minimum absolute atomic E-state index is 0.383. The predicted octanol–water partition coefficient (Wildman–Crippen LogP) is 4.25. The molecule has 0 aliphatic heterocycles. The van der Waals surface area contributed by atoms with E-state index >= 15 is 0 Å². The number of rotatable bonds is 4. The highest BCUT2D eigenvalue weighted by Crippen LogP contribution is 2.55. The van der Waals surface area contributed by atoms with E-state index < -0.39 is 16.1 Å². The van der Waals surface area contributed by atoms with Crippen LogP contribution in [0, 0.1) is 0 Å². The van der Waals surface area contributed by atoms with Crippen molar-refractivity contribution >= 4 is 26.5 Å². The molecule has 2 aromatic carbocycles. The fourth-order valence-corrected chi connectivity index (χ4v) is 12.8. The maximum atomic E-state index is 9.92. The van der Waals surface area contributed by atoms with Crippen LogP contribution in [0.5, 0.6) is 0 Å². The summed E-state index contributed by atoms with van der Waals surface area (Å²) in [5, 5.41) is 22.8. The highest BCUT2D eigenvalue weighted by atomic mass is 28.3. The van der Waals surface area contributed by atoms with E-state index in [1.807, 2.05) is 13.8 Å². The summed E-state index contributed by atoms with van der Waals surface area (Å²) in [4.78, 5) is 0. The average molecular weight is 413 g/mol. The summed E-state index contributed by atoms with van der Waals surface area (Å²) < 4.78 is 0. The van der Waals surface area contributed by atoms with Crippen molar-refractivity contribution in [1.82, 2.24) is 0 Å². The first-order valence-corrected chi connectivity index (χ1v) is 16.6. The van der Waals surface area contributed by atoms with Gasteiger partial charge in [-0.2, -0.15) is 0 Å². The summed E-state index contributed by atoms with van der Waals surface area (Å²) >= 11 is 0. The van der Waals surface area contributed by atoms with Crippen molar-refractivity contribution in [3.05, 3.63) is 60.7 Å². The van der Waals surface area contributed by atoms with Gasteiger partial charge in [-0.15, -0.1) is 0 Å². The molecule has 0 radical (unpaired) electrons. The lowest BCUT2D eigenvalue weighted by Crippen LogP contribution is -2.43. The minimum Gasteiger partial charge on any atom is -0.390 e. The van der Waals surface area contributed by atoms with Gasteiger partial charge in [-0.05, 0) is 37.8 Å². The third-order valence-electron chi connectivity index (χ3n) is 7.19. The van der Waals surface area contributed by atoms with Gasteiger partial charge in [-0.3, -0.25) is 0 Å². The maximum Gasteiger partial charge on any atom is 0.0866 e. The van der Waals surface area contributed by atoms with Gasteiger partial charge in [-0.25, -0.2) is 0 Å². The fraction of sp³-hybridized carbons (Fsp3) is 0.500. The van der Waals surface area contributed by atoms with Gasteiger partial charge in [0.1, 0.15) is 0 Å². The minimum atomic E-state index is -1.43. The predicted molar refractivity (Wildman–Crippen MR) is 125 cm³/mol. The normalized spacial score (nSPS) is 31.6. The summed E-state index contributed by atoms with van der Waals surface area (Å²) in [5.41, 5.74) is 0.312. The largest absolute Gasteiger partial charge is 0.390 e. The average Bonchev–Trinajstić information content (AvgIpc) is 3.51. The van der Waals surface area contributed by atoms with E-state index in [1.165, 1.54) is 10.4 Å². The smallest absolute Gasteiger partial charge is 0.0866 e. The zero-order valence-electron chi connectivity index (χ0n) is 18.2. The highest BCUT2D eigenvalue weighted by Gasteiger charge is 2.58. The lowest BCUT2D eigenvalue weighted by Gasteiger charge is -2.24. The van der Waals surface area contributed by atoms with E-state index in [4.69, 9.17) is 0 Å². The molecular formula is C24H36O2Si2. The summed E-state index contributed by atoms with van der Waals surface area (Å²) in [5.74, 6) is 0. The molecular weight excluding hydrogens is 376 g/mol. The Balaban J connectivity index is 0.000000161. The molecule has 4 heteroatoms. The van der Waals surface area contributed by atoms with E-state index in [1.54, 1.807) is 0 Å². The van der Waals surface area contributed by atoms with Crippen LogP contribution in [0.1, 0.15) is 26.7 Å². The van der Waals surface area contributed by atoms with Crippen LogP contribution in [-0.4, -0.2) is 37.6 Å². The molecule has 0 saturated heterocycles. The van der Waals surface area contributed by atoms with Crippen molar-refractivity contribution in [2.24, 2.45) is 0 Å². The van der Waals surface area contributed by atoms with Crippen molar-refractivity contribution in [2.45, 2.75) is 75.2 Å². The zero-order chi connectivity index (χ0) is 20.8. The van der Waals surface area contributed by atoms with E-state index in [0.717, 1.165) is 12.8 Å². The monoisotopic (exact) mass is 412 g/mol. The Hall–Kier alpha value is -1.21. The first-order valence-electron chi connectivity index (χ1n) is 10.4. The van der Waals surface area contributed by atoms with Crippen LogP contribution >= 0.6 is 0 Å². The molecule has 2 saturated carbocycles. The Morgan fingerprint density at radius 1 is 0.643 bits per heavy atom. The standard InChI is InChI=1S/2C12H18OSi/c2*1-12(13)9-11(12)14(2,3)10-7-5-4-6-8-10/h2*4-8,11,13H,9H2,1-3H3. The zero-order valence-corrected chi connectivity index (χ0v) is 20.2. The number of aliphatic hydroxyl groups is 2. The molecule has 2 aromatic rings. The molecule has 2 fully saturated rings. The second-order valence-corrected chi connectivity index (χ2v) is 19.8. The van der Waals surface area contributed by atoms with Crippen LogP contribution < -0.4 is 10.4 Å². The molecule has 4 rings (SSSR count). The van der Waals surface area contributed by atoms with Gasteiger partial charge in [0.2, 0.25) is 0 Å². The molecule has 152 valence electrons. The van der Waals surface area contributed by atoms with Gasteiger partial charge >= 0.3 is 0 Å². The Bertz CT molecular complexity index is 728. The van der Waals surface area contributed by atoms with Crippen LogP contribution in [-0.2, 0) is 0 Å². The van der Waals surface area contributed by atoms with E-state index in [-0.39, 0.29) is 11.2 Å². The van der Waals surface area contributed by atoms with Gasteiger partial charge in [0.25, 0.3) is 0 Å². The summed E-state index contributed by atoms with van der Waals surface area (Å²) in [6, 6.07) is 21.3. The Morgan fingerprint density at radius 2 is 0.893 bits per heavy atom. The van der Waals surface area contributed by atoms with E-state index in [0.29, 0.717) is 11.1 Å². The van der Waals surface area contributed by atoms with Crippen molar-refractivity contribution in [3.63, 3.8) is 0 Å². The van der Waals surface area contributed by atoms with Crippen LogP contribution in [0.25, 0.3) is 0 Å². The quantitative estimate of drug-likeness (QED) is 0.737. The van der Waals surface area contributed by atoms with Gasteiger partial charge in [-0.1, -0.05) is 97.2 Å². The van der Waals surface area contributed by atoms with Gasteiger partial charge < -0.3 is 10.2 Å². The molecule has 0 aromatic heterocycles. The van der Waals surface area contributed by atoms with E-state index in [9.17, 15) is 10.2 Å². The summed E-state index contributed by atoms with van der Waals surface area (Å²) in [6.45, 7) is 13.4.